The van der Waals surface area contributed by atoms with E-state index in [-0.39, 0.29) is 5.04 Å². The maximum Gasteiger partial charge on any atom is 0.0723 e. The Bertz CT molecular complexity index is 324. The highest BCUT2D eigenvalue weighted by molar-refractivity contribution is 9.10. The van der Waals surface area contributed by atoms with Crippen LogP contribution in [0.15, 0.2) is 28.7 Å². The quantitative estimate of drug-likeness (QED) is 0.708. The Kier molecular flexibility index (Phi) is 3.66. The summed E-state index contributed by atoms with van der Waals surface area (Å²) in [4.78, 5) is 0. The van der Waals surface area contributed by atoms with Gasteiger partial charge in [0.15, 0.2) is 0 Å². The maximum atomic E-state index is 6.14. The summed E-state index contributed by atoms with van der Waals surface area (Å²) in [5.74, 6) is 0.977. The van der Waals surface area contributed by atoms with Gasteiger partial charge in [-0.1, -0.05) is 36.7 Å². The lowest BCUT2D eigenvalue weighted by Gasteiger charge is -2.48. The van der Waals surface area contributed by atoms with Crippen LogP contribution < -0.4 is 4.43 Å². The van der Waals surface area contributed by atoms with Crippen molar-refractivity contribution in [2.45, 2.75) is 38.9 Å². The second-order valence-corrected chi connectivity index (χ2v) is 11.0. The summed E-state index contributed by atoms with van der Waals surface area (Å²) in [5, 5.41) is 0.250. The molecule has 0 fully saturated rings. The topological polar surface area (TPSA) is 9.23 Å². The van der Waals surface area contributed by atoms with Gasteiger partial charge in [0.1, 0.15) is 0 Å². The van der Waals surface area contributed by atoms with Gasteiger partial charge in [0.2, 0.25) is 0 Å². The van der Waals surface area contributed by atoms with Crippen LogP contribution in [0.4, 0.5) is 0 Å². The van der Waals surface area contributed by atoms with E-state index in [1.54, 1.807) is 0 Å². The molecule has 1 aromatic rings. The molecule has 85 valence electrons. The molecule has 0 amide bonds. The van der Waals surface area contributed by atoms with E-state index >= 15 is 0 Å². The van der Waals surface area contributed by atoms with Crippen molar-refractivity contribution < 1.29 is 4.43 Å². The van der Waals surface area contributed by atoms with Crippen molar-refractivity contribution in [3.05, 3.63) is 28.7 Å². The molecule has 0 atom stereocenters. The fourth-order valence-corrected chi connectivity index (χ4v) is 2.25. The largest absolute Gasteiger partial charge is 0.689 e. The molecule has 0 aromatic heterocycles. The third-order valence-corrected chi connectivity index (χ3v) is 7.88. The highest BCUT2D eigenvalue weighted by Crippen LogP contribution is 2.37. The maximum absolute atomic E-state index is 6.14. The van der Waals surface area contributed by atoms with E-state index in [9.17, 15) is 0 Å². The summed E-state index contributed by atoms with van der Waals surface area (Å²) >= 11 is 3.42. The lowest BCUT2D eigenvalue weighted by molar-refractivity contribution is 0.492. The molecule has 0 bridgehead atoms. The van der Waals surface area contributed by atoms with E-state index in [2.05, 4.69) is 49.8 Å². The summed E-state index contributed by atoms with van der Waals surface area (Å²) in [6, 6.07) is 8.07. The third kappa shape index (κ3) is 3.35. The van der Waals surface area contributed by atoms with Crippen molar-refractivity contribution in [3.8, 4) is 5.75 Å². The predicted molar refractivity (Wildman–Crippen MR) is 72.0 cm³/mol. The molecule has 0 unspecified atom stereocenters. The average molecular weight is 287 g/mol. The SMILES string of the molecule is CC(C)(C)[Si-](C)(C)Oc1ccc(Br)cc1. The zero-order valence-corrected chi connectivity index (χ0v) is 12.7. The number of halogens is 1. The van der Waals surface area contributed by atoms with Gasteiger partial charge in [-0.2, -0.15) is 0 Å². The molecule has 0 aliphatic rings. The van der Waals surface area contributed by atoms with Gasteiger partial charge in [-0.15, -0.1) is 18.1 Å². The van der Waals surface area contributed by atoms with Gasteiger partial charge in [0.05, 0.1) is 5.75 Å². The molecular weight excluding hydrogens is 268 g/mol. The number of rotatable bonds is 2. The highest BCUT2D eigenvalue weighted by atomic mass is 79.9. The van der Waals surface area contributed by atoms with Gasteiger partial charge in [-0.3, -0.25) is 0 Å². The van der Waals surface area contributed by atoms with Crippen LogP contribution in [0.2, 0.25) is 18.1 Å². The van der Waals surface area contributed by atoms with Gasteiger partial charge >= 0.3 is 0 Å². The Morgan fingerprint density at radius 3 is 1.93 bits per heavy atom. The molecular formula is C12H19BrOSi-. The lowest BCUT2D eigenvalue weighted by Crippen LogP contribution is -2.43. The van der Waals surface area contributed by atoms with Crippen LogP contribution in [-0.2, 0) is 0 Å². The molecule has 0 radical (unpaired) electrons. The summed E-state index contributed by atoms with van der Waals surface area (Å²) in [6.45, 7) is 11.3. The monoisotopic (exact) mass is 286 g/mol. The molecule has 0 heterocycles. The second-order valence-electron chi connectivity index (χ2n) is 5.32. The van der Waals surface area contributed by atoms with Gasteiger partial charge in [-0.25, -0.2) is 0 Å². The van der Waals surface area contributed by atoms with Crippen molar-refractivity contribution in [2.24, 2.45) is 0 Å². The van der Waals surface area contributed by atoms with Crippen molar-refractivity contribution >= 4 is 24.2 Å². The van der Waals surface area contributed by atoms with E-state index in [0.29, 0.717) is 0 Å². The van der Waals surface area contributed by atoms with Crippen LogP contribution >= 0.6 is 15.9 Å². The molecule has 0 saturated carbocycles. The Hall–Kier alpha value is -0.283. The third-order valence-electron chi connectivity index (χ3n) is 2.99. The van der Waals surface area contributed by atoms with E-state index in [1.165, 1.54) is 0 Å². The first-order valence-electron chi connectivity index (χ1n) is 5.17. The Morgan fingerprint density at radius 1 is 1.07 bits per heavy atom. The molecule has 1 nitrogen and oxygen atoms in total. The molecule has 0 spiro atoms. The first-order chi connectivity index (χ1) is 6.72. The average Bonchev–Trinajstić information content (AvgIpc) is 2.06. The summed E-state index contributed by atoms with van der Waals surface area (Å²) < 4.78 is 7.23. The lowest BCUT2D eigenvalue weighted by atomic mass is 10.2. The Balaban J connectivity index is 2.82. The zero-order chi connectivity index (χ0) is 11.7. The standard InChI is InChI=1S/C12H19BrOSi/c1-12(2,3)15(4,5)14-11-8-6-10(13)7-9-11/h6-9H,1-5H3/q-1. The normalized spacial score (nSPS) is 12.7. The van der Waals surface area contributed by atoms with Crippen LogP contribution in [0.25, 0.3) is 0 Å². The minimum Gasteiger partial charge on any atom is -0.689 e. The van der Waals surface area contributed by atoms with E-state index in [4.69, 9.17) is 4.43 Å². The van der Waals surface area contributed by atoms with Crippen molar-refractivity contribution in [2.75, 3.05) is 0 Å². The number of benzene rings is 1. The van der Waals surface area contributed by atoms with Crippen LogP contribution in [-0.4, -0.2) is 8.32 Å². The molecule has 15 heavy (non-hydrogen) atoms. The fraction of sp³-hybridized carbons (Fsp3) is 0.500. The van der Waals surface area contributed by atoms with Crippen molar-refractivity contribution in [3.63, 3.8) is 0 Å². The van der Waals surface area contributed by atoms with Crippen LogP contribution in [0.3, 0.4) is 0 Å². The number of hydrogen-bond donors (Lipinski definition) is 0. The second kappa shape index (κ2) is 4.30. The van der Waals surface area contributed by atoms with Gasteiger partial charge in [0.25, 0.3) is 0 Å². The molecule has 1 rings (SSSR count). The first kappa shape index (κ1) is 12.8. The predicted octanol–water partition coefficient (Wildman–Crippen LogP) is 4.83. The van der Waals surface area contributed by atoms with Gasteiger partial charge < -0.3 is 4.43 Å². The fourth-order valence-electron chi connectivity index (χ4n) is 0.950. The van der Waals surface area contributed by atoms with E-state index in [0.717, 1.165) is 10.2 Å². The Morgan fingerprint density at radius 2 is 1.53 bits per heavy atom. The van der Waals surface area contributed by atoms with Crippen LogP contribution in [0.1, 0.15) is 20.8 Å². The minimum absolute atomic E-state index is 0.250. The first-order valence-corrected chi connectivity index (χ1v) is 8.87. The molecule has 0 aliphatic carbocycles. The number of hydrogen-bond acceptors (Lipinski definition) is 1. The zero-order valence-electron chi connectivity index (χ0n) is 10.1. The molecule has 0 saturated heterocycles. The molecule has 3 heteroatoms. The van der Waals surface area contributed by atoms with Crippen LogP contribution in [0.5, 0.6) is 5.75 Å². The molecule has 0 aliphatic heterocycles. The summed E-state index contributed by atoms with van der Waals surface area (Å²) in [6.07, 6.45) is 0. The van der Waals surface area contributed by atoms with Crippen molar-refractivity contribution in [1.29, 1.82) is 0 Å². The van der Waals surface area contributed by atoms with Gasteiger partial charge in [-0.05, 0) is 24.3 Å². The van der Waals surface area contributed by atoms with Crippen LogP contribution in [0, 0.1) is 0 Å². The van der Waals surface area contributed by atoms with E-state index in [1.807, 2.05) is 24.3 Å². The summed E-state index contributed by atoms with van der Waals surface area (Å²) in [7, 11) is -1.68. The molecule has 0 N–H and O–H groups in total. The summed E-state index contributed by atoms with van der Waals surface area (Å²) in [5.41, 5.74) is 0. The van der Waals surface area contributed by atoms with E-state index < -0.39 is 8.32 Å². The minimum atomic E-state index is -1.68. The van der Waals surface area contributed by atoms with Crippen molar-refractivity contribution in [1.82, 2.24) is 0 Å². The Labute approximate surface area is 102 Å². The smallest absolute Gasteiger partial charge is 0.0723 e. The van der Waals surface area contributed by atoms with Gasteiger partial charge in [0, 0.05) is 12.8 Å². The molecule has 1 aromatic carbocycles. The highest BCUT2D eigenvalue weighted by Gasteiger charge is 2.26.